The maximum absolute atomic E-state index is 11.1. The molecule has 0 saturated heterocycles. The van der Waals surface area contributed by atoms with E-state index >= 15 is 0 Å². The van der Waals surface area contributed by atoms with Crippen molar-refractivity contribution in [3.63, 3.8) is 0 Å². The number of benzene rings is 1. The summed E-state index contributed by atoms with van der Waals surface area (Å²) in [5.74, 6) is 0.0373. The Morgan fingerprint density at radius 2 is 2.09 bits per heavy atom. The van der Waals surface area contributed by atoms with Crippen LogP contribution >= 0.6 is 39.1 Å². The summed E-state index contributed by atoms with van der Waals surface area (Å²) in [6.45, 7) is 3.90. The summed E-state index contributed by atoms with van der Waals surface area (Å²) in [6, 6.07) is 6.28. The zero-order valence-corrected chi connectivity index (χ0v) is 16.1. The summed E-state index contributed by atoms with van der Waals surface area (Å²) < 4.78 is 0. The van der Waals surface area contributed by atoms with Gasteiger partial charge < -0.3 is 10.2 Å². The van der Waals surface area contributed by atoms with Gasteiger partial charge in [-0.15, -0.1) is 0 Å². The highest BCUT2D eigenvalue weighted by Gasteiger charge is 2.10. The average molecular weight is 410 g/mol. The summed E-state index contributed by atoms with van der Waals surface area (Å²) in [4.78, 5) is 13.4. The average Bonchev–Trinajstić information content (AvgIpc) is 2.51. The molecule has 0 saturated carbocycles. The Kier molecular flexibility index (Phi) is 9.41. The van der Waals surface area contributed by atoms with Gasteiger partial charge in [0.15, 0.2) is 0 Å². The predicted molar refractivity (Wildman–Crippen MR) is 98.3 cm³/mol. The molecule has 1 aromatic carbocycles. The third-order valence-corrected chi connectivity index (χ3v) is 4.97. The molecule has 0 aliphatic carbocycles. The van der Waals surface area contributed by atoms with Crippen LogP contribution in [0.1, 0.15) is 25.3 Å². The number of aryl methyl sites for hydroxylation is 1. The van der Waals surface area contributed by atoms with Crippen molar-refractivity contribution in [2.24, 2.45) is 0 Å². The van der Waals surface area contributed by atoms with E-state index in [1.807, 2.05) is 18.2 Å². The Morgan fingerprint density at radius 3 is 2.73 bits per heavy atom. The van der Waals surface area contributed by atoms with Crippen LogP contribution in [-0.2, 0) is 11.2 Å². The number of hydrogen-bond donors (Lipinski definition) is 1. The SMILES string of the molecule is CC(CCc1ccc(Cl)c(Cl)c1)N(C)CCCNC(=O)CBr. The minimum absolute atomic E-state index is 0.0373. The maximum atomic E-state index is 11.1. The number of amides is 1. The predicted octanol–water partition coefficient (Wildman–Crippen LogP) is 4.15. The zero-order valence-electron chi connectivity index (χ0n) is 13.0. The number of carbonyl (C=O) groups excluding carboxylic acids is 1. The first-order valence-electron chi connectivity index (χ1n) is 7.41. The summed E-state index contributed by atoms with van der Waals surface area (Å²) in [5.41, 5.74) is 1.21. The van der Waals surface area contributed by atoms with Crippen molar-refractivity contribution in [1.82, 2.24) is 10.2 Å². The molecular weight excluding hydrogens is 387 g/mol. The second kappa shape index (κ2) is 10.5. The lowest BCUT2D eigenvalue weighted by Crippen LogP contribution is -2.33. The fourth-order valence-electron chi connectivity index (χ4n) is 2.11. The van der Waals surface area contributed by atoms with Crippen molar-refractivity contribution in [1.29, 1.82) is 0 Å². The van der Waals surface area contributed by atoms with E-state index in [1.165, 1.54) is 5.56 Å². The van der Waals surface area contributed by atoms with E-state index in [4.69, 9.17) is 23.2 Å². The molecule has 1 N–H and O–H groups in total. The van der Waals surface area contributed by atoms with Crippen molar-refractivity contribution in [2.75, 3.05) is 25.5 Å². The van der Waals surface area contributed by atoms with E-state index < -0.39 is 0 Å². The number of nitrogens with one attached hydrogen (secondary N) is 1. The Bertz CT molecular complexity index is 485. The van der Waals surface area contributed by atoms with Crippen LogP contribution in [0.3, 0.4) is 0 Å². The molecule has 0 radical (unpaired) electrons. The molecule has 1 atom stereocenters. The monoisotopic (exact) mass is 408 g/mol. The Morgan fingerprint density at radius 1 is 1.36 bits per heavy atom. The number of halogens is 3. The fourth-order valence-corrected chi connectivity index (χ4v) is 2.63. The largest absolute Gasteiger partial charge is 0.355 e. The quantitative estimate of drug-likeness (QED) is 0.490. The molecule has 0 aromatic heterocycles. The highest BCUT2D eigenvalue weighted by Crippen LogP contribution is 2.23. The van der Waals surface area contributed by atoms with E-state index in [0.29, 0.717) is 28.0 Å². The third kappa shape index (κ3) is 7.32. The van der Waals surface area contributed by atoms with Gasteiger partial charge in [0, 0.05) is 12.6 Å². The van der Waals surface area contributed by atoms with E-state index in [2.05, 4.69) is 40.1 Å². The van der Waals surface area contributed by atoms with Gasteiger partial charge >= 0.3 is 0 Å². The van der Waals surface area contributed by atoms with Crippen LogP contribution in [0.5, 0.6) is 0 Å². The molecule has 1 aromatic rings. The number of nitrogens with zero attached hydrogens (tertiary/aromatic N) is 1. The van der Waals surface area contributed by atoms with Crippen molar-refractivity contribution in [3.8, 4) is 0 Å². The molecule has 0 aliphatic heterocycles. The second-order valence-electron chi connectivity index (χ2n) is 5.45. The van der Waals surface area contributed by atoms with Gasteiger partial charge in [-0.3, -0.25) is 4.79 Å². The summed E-state index contributed by atoms with van der Waals surface area (Å²) in [6.07, 6.45) is 2.98. The van der Waals surface area contributed by atoms with Crippen LogP contribution in [0.4, 0.5) is 0 Å². The summed E-state index contributed by atoms with van der Waals surface area (Å²) >= 11 is 15.1. The number of hydrogen-bond acceptors (Lipinski definition) is 2. The van der Waals surface area contributed by atoms with Gasteiger partial charge in [0.2, 0.25) is 5.91 Å². The molecule has 0 spiro atoms. The zero-order chi connectivity index (χ0) is 16.5. The van der Waals surface area contributed by atoms with Crippen LogP contribution in [-0.4, -0.2) is 42.3 Å². The maximum Gasteiger partial charge on any atom is 0.230 e. The molecule has 0 fully saturated rings. The highest BCUT2D eigenvalue weighted by molar-refractivity contribution is 9.09. The first-order valence-corrected chi connectivity index (χ1v) is 9.28. The molecule has 22 heavy (non-hydrogen) atoms. The van der Waals surface area contributed by atoms with Gasteiger partial charge in [0.05, 0.1) is 15.4 Å². The first kappa shape index (κ1) is 19.8. The van der Waals surface area contributed by atoms with E-state index in [-0.39, 0.29) is 5.91 Å². The molecular formula is C16H23BrCl2N2O. The smallest absolute Gasteiger partial charge is 0.230 e. The number of alkyl halides is 1. The lowest BCUT2D eigenvalue weighted by molar-refractivity contribution is -0.118. The Labute approximate surface area is 151 Å². The van der Waals surface area contributed by atoms with Gasteiger partial charge in [-0.25, -0.2) is 0 Å². The molecule has 1 amide bonds. The minimum atomic E-state index is 0.0373. The van der Waals surface area contributed by atoms with Crippen molar-refractivity contribution in [2.45, 2.75) is 32.2 Å². The summed E-state index contributed by atoms with van der Waals surface area (Å²) in [5, 5.41) is 4.43. The fraction of sp³-hybridized carbons (Fsp3) is 0.562. The van der Waals surface area contributed by atoms with E-state index in [0.717, 1.165) is 25.8 Å². The lowest BCUT2D eigenvalue weighted by Gasteiger charge is -2.24. The standard InChI is InChI=1S/C16H23BrCl2N2O/c1-12(21(2)9-3-8-20-16(22)11-17)4-5-13-6-7-14(18)15(19)10-13/h6-7,10,12H,3-5,8-9,11H2,1-2H3,(H,20,22). The first-order chi connectivity index (χ1) is 10.4. The Balaban J connectivity index is 2.27. The number of rotatable bonds is 9. The van der Waals surface area contributed by atoms with Crippen molar-refractivity contribution < 1.29 is 4.79 Å². The van der Waals surface area contributed by atoms with Crippen LogP contribution in [0.15, 0.2) is 18.2 Å². The molecule has 1 unspecified atom stereocenters. The van der Waals surface area contributed by atoms with Gasteiger partial charge in [0.1, 0.15) is 0 Å². The normalized spacial score (nSPS) is 12.5. The highest BCUT2D eigenvalue weighted by atomic mass is 79.9. The van der Waals surface area contributed by atoms with Gasteiger partial charge in [-0.1, -0.05) is 45.2 Å². The molecule has 6 heteroatoms. The molecule has 0 bridgehead atoms. The van der Waals surface area contributed by atoms with Gasteiger partial charge in [-0.2, -0.15) is 0 Å². The third-order valence-electron chi connectivity index (χ3n) is 3.72. The van der Waals surface area contributed by atoms with Crippen molar-refractivity contribution >= 4 is 45.0 Å². The second-order valence-corrected chi connectivity index (χ2v) is 6.83. The van der Waals surface area contributed by atoms with Crippen LogP contribution in [0, 0.1) is 0 Å². The number of carbonyl (C=O) groups is 1. The van der Waals surface area contributed by atoms with Gasteiger partial charge in [0.25, 0.3) is 0 Å². The van der Waals surface area contributed by atoms with Gasteiger partial charge in [-0.05, 0) is 57.5 Å². The van der Waals surface area contributed by atoms with Crippen molar-refractivity contribution in [3.05, 3.63) is 33.8 Å². The molecule has 124 valence electrons. The lowest BCUT2D eigenvalue weighted by atomic mass is 10.1. The van der Waals surface area contributed by atoms with Crippen LogP contribution in [0.25, 0.3) is 0 Å². The van der Waals surface area contributed by atoms with E-state index in [1.54, 1.807) is 0 Å². The minimum Gasteiger partial charge on any atom is -0.355 e. The van der Waals surface area contributed by atoms with Crippen LogP contribution < -0.4 is 5.32 Å². The molecule has 1 rings (SSSR count). The van der Waals surface area contributed by atoms with Crippen LogP contribution in [0.2, 0.25) is 10.0 Å². The summed E-state index contributed by atoms with van der Waals surface area (Å²) in [7, 11) is 2.12. The molecule has 3 nitrogen and oxygen atoms in total. The molecule has 0 heterocycles. The topological polar surface area (TPSA) is 32.3 Å². The van der Waals surface area contributed by atoms with E-state index in [9.17, 15) is 4.79 Å². The Hall–Kier alpha value is -0.290. The molecule has 0 aliphatic rings.